The van der Waals surface area contributed by atoms with E-state index in [4.69, 9.17) is 4.74 Å². The number of Topliss-reactive ketones (excluding diaryl/α,β-unsaturated/α-hetero) is 1. The molecule has 2 aliphatic carbocycles. The quantitative estimate of drug-likeness (QED) is 0.211. The molecule has 0 fully saturated rings. The molecule has 0 aromatic heterocycles. The topological polar surface area (TPSA) is 89.8 Å². The predicted molar refractivity (Wildman–Crippen MR) is 126 cm³/mol. The van der Waals surface area contributed by atoms with Gasteiger partial charge in [-0.25, -0.2) is 4.79 Å². The maximum absolute atomic E-state index is 13.2. The van der Waals surface area contributed by atoms with E-state index < -0.39 is 23.3 Å². The van der Waals surface area contributed by atoms with Crippen LogP contribution in [0.2, 0.25) is 0 Å². The van der Waals surface area contributed by atoms with Gasteiger partial charge in [-0.05, 0) is 54.0 Å². The molecule has 2 heterocycles. The van der Waals surface area contributed by atoms with Crippen LogP contribution in [0.25, 0.3) is 0 Å². The monoisotopic (exact) mass is 456 g/mol. The van der Waals surface area contributed by atoms with Crippen LogP contribution < -0.4 is 4.90 Å². The summed E-state index contributed by atoms with van der Waals surface area (Å²) in [6.07, 6.45) is 11.1. The van der Waals surface area contributed by atoms with Gasteiger partial charge >= 0.3 is 5.97 Å². The number of ether oxygens (including phenoxy) is 1. The number of nitrogens with zero attached hydrogens (tertiary/aromatic N) is 2. The summed E-state index contributed by atoms with van der Waals surface area (Å²) < 4.78 is 5.47. The minimum Gasteiger partial charge on any atom is -0.454 e. The van der Waals surface area contributed by atoms with Crippen molar-refractivity contribution in [1.82, 2.24) is 0 Å². The van der Waals surface area contributed by atoms with E-state index in [0.29, 0.717) is 23.3 Å². The Hall–Kier alpha value is -3.74. The van der Waals surface area contributed by atoms with E-state index in [9.17, 15) is 19.7 Å². The first-order valence-electron chi connectivity index (χ1n) is 11.7. The van der Waals surface area contributed by atoms with Crippen molar-refractivity contribution in [3.05, 3.63) is 93.1 Å². The van der Waals surface area contributed by atoms with Gasteiger partial charge in [0.05, 0.1) is 10.5 Å². The number of carbonyl (C=O) groups is 2. The average molecular weight is 456 g/mol. The molecule has 0 bridgehead atoms. The SMILES string of the molecule is O=C(COC(=O)c1ccc2c3c1[C@@H]1C=CC[C@@H]1CN3C[C@H]1CC=C[C@@H]21)c1ccc([N+](=O)[O-])cc1. The highest BCUT2D eigenvalue weighted by Gasteiger charge is 2.44. The molecule has 172 valence electrons. The van der Waals surface area contributed by atoms with Gasteiger partial charge in [0.2, 0.25) is 0 Å². The Kier molecular flexibility index (Phi) is 4.86. The molecule has 4 aliphatic rings. The molecule has 0 radical (unpaired) electrons. The van der Waals surface area contributed by atoms with Crippen molar-refractivity contribution in [3.8, 4) is 0 Å². The lowest BCUT2D eigenvalue weighted by Gasteiger charge is -2.46. The third-order valence-electron chi connectivity index (χ3n) is 7.70. The van der Waals surface area contributed by atoms with Crippen LogP contribution >= 0.6 is 0 Å². The van der Waals surface area contributed by atoms with Crippen molar-refractivity contribution < 1.29 is 19.2 Å². The molecule has 0 saturated carbocycles. The van der Waals surface area contributed by atoms with Crippen LogP contribution in [-0.4, -0.2) is 36.4 Å². The second-order valence-electron chi connectivity index (χ2n) is 9.57. The van der Waals surface area contributed by atoms with Gasteiger partial charge in [0.15, 0.2) is 12.4 Å². The van der Waals surface area contributed by atoms with E-state index in [1.54, 1.807) is 0 Å². The van der Waals surface area contributed by atoms with Crippen molar-refractivity contribution in [2.24, 2.45) is 11.8 Å². The lowest BCUT2D eigenvalue weighted by molar-refractivity contribution is -0.384. The molecule has 0 N–H and O–H groups in total. The Morgan fingerprint density at radius 2 is 1.65 bits per heavy atom. The Balaban J connectivity index is 1.28. The molecule has 4 atom stereocenters. The molecule has 0 saturated heterocycles. The Morgan fingerprint density at radius 3 is 2.35 bits per heavy atom. The summed E-state index contributed by atoms with van der Waals surface area (Å²) in [4.78, 5) is 38.5. The fourth-order valence-corrected chi connectivity index (χ4v) is 6.12. The molecule has 0 unspecified atom stereocenters. The molecule has 34 heavy (non-hydrogen) atoms. The molecular weight excluding hydrogens is 432 g/mol. The van der Waals surface area contributed by atoms with E-state index in [1.165, 1.54) is 35.5 Å². The largest absolute Gasteiger partial charge is 0.454 e. The van der Waals surface area contributed by atoms with Crippen LogP contribution in [0.15, 0.2) is 60.7 Å². The van der Waals surface area contributed by atoms with Crippen molar-refractivity contribution in [3.63, 3.8) is 0 Å². The number of rotatable bonds is 5. The fourth-order valence-electron chi connectivity index (χ4n) is 6.12. The number of hydrogen-bond acceptors (Lipinski definition) is 6. The number of hydrogen-bond donors (Lipinski definition) is 0. The predicted octanol–water partition coefficient (Wildman–Crippen LogP) is 4.79. The average Bonchev–Trinajstić information content (AvgIpc) is 3.52. The summed E-state index contributed by atoms with van der Waals surface area (Å²) in [5.74, 6) is 0.708. The van der Waals surface area contributed by atoms with Crippen molar-refractivity contribution in [2.75, 3.05) is 24.6 Å². The van der Waals surface area contributed by atoms with Crippen LogP contribution in [0.1, 0.15) is 56.5 Å². The maximum Gasteiger partial charge on any atom is 0.338 e. The van der Waals surface area contributed by atoms with Crippen LogP contribution in [0.3, 0.4) is 0 Å². The second-order valence-corrected chi connectivity index (χ2v) is 9.57. The van der Waals surface area contributed by atoms with Crippen LogP contribution in [0, 0.1) is 22.0 Å². The minimum absolute atomic E-state index is 0.0928. The number of esters is 1. The number of nitro benzene ring substituents is 1. The third-order valence-corrected chi connectivity index (χ3v) is 7.70. The van der Waals surface area contributed by atoms with Crippen molar-refractivity contribution in [2.45, 2.75) is 24.7 Å². The lowest BCUT2D eigenvalue weighted by atomic mass is 9.73. The van der Waals surface area contributed by atoms with E-state index in [-0.39, 0.29) is 17.2 Å². The van der Waals surface area contributed by atoms with E-state index in [1.807, 2.05) is 6.07 Å². The van der Waals surface area contributed by atoms with Gasteiger partial charge < -0.3 is 9.64 Å². The number of nitro groups is 1. The molecule has 6 rings (SSSR count). The zero-order valence-electron chi connectivity index (χ0n) is 18.6. The Labute approximate surface area is 196 Å². The molecule has 0 spiro atoms. The van der Waals surface area contributed by atoms with Gasteiger partial charge in [0.25, 0.3) is 5.69 Å². The Bertz CT molecular complexity index is 1260. The minimum atomic E-state index is -0.520. The molecule has 7 heteroatoms. The van der Waals surface area contributed by atoms with E-state index >= 15 is 0 Å². The number of carbonyl (C=O) groups excluding carboxylic acids is 2. The standard InChI is InChI=1S/C27H24N2O5/c30-24(16-7-9-19(10-8-16)29(32)33)15-34-27(31)23-12-11-22-20-5-1-3-17(20)13-28-14-18-4-2-6-21(18)25(23)26(22)28/h1-2,5-12,17-18,20-21H,3-4,13-15H2/t17-,18-,20-,21-/m1/s1. The normalized spacial score (nSPS) is 25.5. The van der Waals surface area contributed by atoms with Crippen LogP contribution in [0.4, 0.5) is 11.4 Å². The first-order chi connectivity index (χ1) is 16.5. The first kappa shape index (κ1) is 20.8. The zero-order chi connectivity index (χ0) is 23.4. The van der Waals surface area contributed by atoms with E-state index in [0.717, 1.165) is 31.5 Å². The smallest absolute Gasteiger partial charge is 0.338 e. The van der Waals surface area contributed by atoms with Gasteiger partial charge in [-0.3, -0.25) is 14.9 Å². The molecule has 2 aromatic rings. The van der Waals surface area contributed by atoms with Crippen molar-refractivity contribution >= 4 is 23.1 Å². The van der Waals surface area contributed by atoms with Gasteiger partial charge in [-0.1, -0.05) is 30.4 Å². The van der Waals surface area contributed by atoms with Gasteiger partial charge in [-0.2, -0.15) is 0 Å². The first-order valence-corrected chi connectivity index (χ1v) is 11.7. The number of fused-ring (bicyclic) bond motifs is 4. The Morgan fingerprint density at radius 1 is 0.971 bits per heavy atom. The summed E-state index contributed by atoms with van der Waals surface area (Å²) >= 11 is 0. The summed E-state index contributed by atoms with van der Waals surface area (Å²) in [5.41, 5.74) is 4.21. The molecule has 7 nitrogen and oxygen atoms in total. The van der Waals surface area contributed by atoms with Crippen molar-refractivity contribution in [1.29, 1.82) is 0 Å². The molecule has 2 aliphatic heterocycles. The number of non-ortho nitro benzene ring substituents is 1. The molecule has 2 aromatic carbocycles. The number of anilines is 1. The van der Waals surface area contributed by atoms with Crippen LogP contribution in [-0.2, 0) is 4.74 Å². The van der Waals surface area contributed by atoms with Gasteiger partial charge in [0, 0.05) is 48.3 Å². The summed E-state index contributed by atoms with van der Waals surface area (Å²) in [5, 5.41) is 10.8. The highest BCUT2D eigenvalue weighted by molar-refractivity contribution is 6.00. The number of ketones is 1. The highest BCUT2D eigenvalue weighted by atomic mass is 16.6. The highest BCUT2D eigenvalue weighted by Crippen LogP contribution is 2.53. The maximum atomic E-state index is 13.2. The van der Waals surface area contributed by atoms with Gasteiger partial charge in [0.1, 0.15) is 0 Å². The zero-order valence-corrected chi connectivity index (χ0v) is 18.6. The summed E-state index contributed by atoms with van der Waals surface area (Å²) in [7, 11) is 0. The lowest BCUT2D eigenvalue weighted by Crippen LogP contribution is -2.44. The third kappa shape index (κ3) is 3.26. The summed E-state index contributed by atoms with van der Waals surface area (Å²) in [6.45, 7) is 1.59. The summed E-state index contributed by atoms with van der Waals surface area (Å²) in [6, 6.07) is 9.24. The second kappa shape index (κ2) is 7.94. The molecular formula is C27H24N2O5. The van der Waals surface area contributed by atoms with Gasteiger partial charge in [-0.15, -0.1) is 0 Å². The van der Waals surface area contributed by atoms with Crippen LogP contribution in [0.5, 0.6) is 0 Å². The fraction of sp³-hybridized carbons (Fsp3) is 0.333. The number of benzene rings is 2. The molecule has 0 amide bonds. The van der Waals surface area contributed by atoms with E-state index in [2.05, 4.69) is 35.3 Å². The number of allylic oxidation sites excluding steroid dienone is 4.